The summed E-state index contributed by atoms with van der Waals surface area (Å²) in [5.74, 6) is 0.0219. The number of aromatic nitrogens is 2. The molecule has 0 aliphatic carbocycles. The van der Waals surface area contributed by atoms with Crippen LogP contribution in [-0.2, 0) is 7.05 Å². The molecule has 1 fully saturated rings. The van der Waals surface area contributed by atoms with Gasteiger partial charge in [-0.1, -0.05) is 13.3 Å². The van der Waals surface area contributed by atoms with E-state index in [1.54, 1.807) is 17.1 Å². The van der Waals surface area contributed by atoms with Gasteiger partial charge in [-0.2, -0.15) is 5.26 Å². The van der Waals surface area contributed by atoms with Crippen LogP contribution in [0.3, 0.4) is 0 Å². The summed E-state index contributed by atoms with van der Waals surface area (Å²) in [4.78, 5) is 20.3. The maximum atomic E-state index is 12.3. The number of piperazine rings is 1. The molecule has 0 aromatic carbocycles. The molecule has 0 spiro atoms. The van der Waals surface area contributed by atoms with Crippen molar-refractivity contribution in [2.45, 2.75) is 25.8 Å². The van der Waals surface area contributed by atoms with Gasteiger partial charge in [-0.25, -0.2) is 4.98 Å². The zero-order chi connectivity index (χ0) is 14.5. The molecule has 6 heteroatoms. The number of aryl methyl sites for hydroxylation is 1. The molecule has 2 heterocycles. The maximum absolute atomic E-state index is 12.3. The summed E-state index contributed by atoms with van der Waals surface area (Å²) >= 11 is 0. The number of carbonyl (C=O) groups is 1. The highest BCUT2D eigenvalue weighted by atomic mass is 16.2. The third kappa shape index (κ3) is 2.99. The second kappa shape index (κ2) is 6.53. The predicted molar refractivity (Wildman–Crippen MR) is 75.0 cm³/mol. The smallest absolute Gasteiger partial charge is 0.272 e. The van der Waals surface area contributed by atoms with E-state index < -0.39 is 0 Å². The Bertz CT molecular complexity index is 496. The van der Waals surface area contributed by atoms with Crippen LogP contribution in [0.5, 0.6) is 0 Å². The highest BCUT2D eigenvalue weighted by Gasteiger charge is 2.27. The molecule has 0 bridgehead atoms. The van der Waals surface area contributed by atoms with Crippen molar-refractivity contribution >= 4 is 5.91 Å². The number of amides is 1. The molecule has 0 radical (unpaired) electrons. The molecule has 1 amide bonds. The van der Waals surface area contributed by atoms with Crippen molar-refractivity contribution in [1.29, 1.82) is 5.26 Å². The van der Waals surface area contributed by atoms with Crippen molar-refractivity contribution in [3.8, 4) is 6.07 Å². The van der Waals surface area contributed by atoms with Gasteiger partial charge in [-0.15, -0.1) is 0 Å². The van der Waals surface area contributed by atoms with Crippen molar-refractivity contribution in [2.75, 3.05) is 26.2 Å². The normalized spacial score (nSPS) is 17.8. The lowest BCUT2D eigenvalue weighted by atomic mass is 10.1. The maximum Gasteiger partial charge on any atom is 0.272 e. The zero-order valence-corrected chi connectivity index (χ0v) is 12.1. The van der Waals surface area contributed by atoms with E-state index in [0.29, 0.717) is 18.8 Å². The van der Waals surface area contributed by atoms with Crippen molar-refractivity contribution in [1.82, 2.24) is 19.4 Å². The first-order chi connectivity index (χ1) is 9.67. The summed E-state index contributed by atoms with van der Waals surface area (Å²) in [6.07, 6.45) is 5.14. The van der Waals surface area contributed by atoms with Gasteiger partial charge >= 0.3 is 0 Å². The van der Waals surface area contributed by atoms with Crippen LogP contribution < -0.4 is 0 Å². The Morgan fingerprint density at radius 1 is 1.45 bits per heavy atom. The standard InChI is InChI=1S/C14H21N5O/c1-3-4-12(9-15)18-5-7-19(8-6-18)14(20)13-10-16-11-17(13)2/h10-12H,3-8H2,1-2H3. The molecule has 1 aromatic heterocycles. The largest absolute Gasteiger partial charge is 0.335 e. The number of hydrogen-bond acceptors (Lipinski definition) is 4. The van der Waals surface area contributed by atoms with Crippen LogP contribution in [0.1, 0.15) is 30.3 Å². The van der Waals surface area contributed by atoms with Crippen LogP contribution in [-0.4, -0.2) is 57.5 Å². The quantitative estimate of drug-likeness (QED) is 0.818. The fourth-order valence-corrected chi connectivity index (χ4v) is 2.56. The Morgan fingerprint density at radius 2 is 2.15 bits per heavy atom. The summed E-state index contributed by atoms with van der Waals surface area (Å²) < 4.78 is 1.74. The number of nitrogens with zero attached hydrogens (tertiary/aromatic N) is 5. The van der Waals surface area contributed by atoms with Gasteiger partial charge in [-0.3, -0.25) is 9.69 Å². The van der Waals surface area contributed by atoms with E-state index in [-0.39, 0.29) is 11.9 Å². The molecule has 1 atom stereocenters. The molecular weight excluding hydrogens is 254 g/mol. The van der Waals surface area contributed by atoms with Crippen LogP contribution in [0.25, 0.3) is 0 Å². The van der Waals surface area contributed by atoms with Gasteiger partial charge in [0.25, 0.3) is 5.91 Å². The molecular formula is C14H21N5O. The molecule has 1 aromatic rings. The van der Waals surface area contributed by atoms with E-state index in [2.05, 4.69) is 22.9 Å². The summed E-state index contributed by atoms with van der Waals surface area (Å²) in [6, 6.07) is 2.34. The Balaban J connectivity index is 1.93. The molecule has 1 unspecified atom stereocenters. The van der Waals surface area contributed by atoms with Gasteiger partial charge < -0.3 is 9.47 Å². The minimum absolute atomic E-state index is 0.0195. The topological polar surface area (TPSA) is 65.2 Å². The molecule has 20 heavy (non-hydrogen) atoms. The average Bonchev–Trinajstić information content (AvgIpc) is 2.90. The van der Waals surface area contributed by atoms with Gasteiger partial charge in [0, 0.05) is 33.2 Å². The van der Waals surface area contributed by atoms with Crippen LogP contribution in [0.15, 0.2) is 12.5 Å². The fraction of sp³-hybridized carbons (Fsp3) is 0.643. The van der Waals surface area contributed by atoms with Crippen LogP contribution >= 0.6 is 0 Å². The minimum Gasteiger partial charge on any atom is -0.335 e. The Labute approximate surface area is 119 Å². The van der Waals surface area contributed by atoms with Gasteiger partial charge in [0.2, 0.25) is 0 Å². The third-order valence-corrected chi connectivity index (χ3v) is 3.79. The van der Waals surface area contributed by atoms with Gasteiger partial charge in [0.1, 0.15) is 5.69 Å². The first-order valence-corrected chi connectivity index (χ1v) is 7.06. The lowest BCUT2D eigenvalue weighted by Crippen LogP contribution is -2.51. The molecule has 0 N–H and O–H groups in total. The molecule has 6 nitrogen and oxygen atoms in total. The number of rotatable bonds is 4. The van der Waals surface area contributed by atoms with E-state index in [4.69, 9.17) is 0 Å². The van der Waals surface area contributed by atoms with E-state index in [1.807, 2.05) is 11.9 Å². The van der Waals surface area contributed by atoms with E-state index in [0.717, 1.165) is 25.9 Å². The number of imidazole rings is 1. The highest BCUT2D eigenvalue weighted by Crippen LogP contribution is 2.12. The van der Waals surface area contributed by atoms with Crippen molar-refractivity contribution in [3.05, 3.63) is 18.2 Å². The lowest BCUT2D eigenvalue weighted by molar-refractivity contribution is 0.0592. The van der Waals surface area contributed by atoms with Crippen molar-refractivity contribution in [3.63, 3.8) is 0 Å². The fourth-order valence-electron chi connectivity index (χ4n) is 2.56. The summed E-state index contributed by atoms with van der Waals surface area (Å²) in [5, 5.41) is 9.19. The van der Waals surface area contributed by atoms with E-state index in [9.17, 15) is 10.1 Å². The Morgan fingerprint density at radius 3 is 2.65 bits per heavy atom. The van der Waals surface area contributed by atoms with Crippen molar-refractivity contribution in [2.24, 2.45) is 7.05 Å². The van der Waals surface area contributed by atoms with Crippen LogP contribution in [0.4, 0.5) is 0 Å². The molecule has 1 aliphatic heterocycles. The molecule has 108 valence electrons. The molecule has 1 saturated heterocycles. The number of carbonyl (C=O) groups excluding carboxylic acids is 1. The highest BCUT2D eigenvalue weighted by molar-refractivity contribution is 5.92. The average molecular weight is 275 g/mol. The predicted octanol–water partition coefficient (Wildman–Crippen LogP) is 0.870. The third-order valence-electron chi connectivity index (χ3n) is 3.79. The second-order valence-electron chi connectivity index (χ2n) is 5.15. The number of nitriles is 1. The monoisotopic (exact) mass is 275 g/mol. The summed E-state index contributed by atoms with van der Waals surface area (Å²) in [5.41, 5.74) is 0.615. The van der Waals surface area contributed by atoms with E-state index >= 15 is 0 Å². The van der Waals surface area contributed by atoms with Crippen LogP contribution in [0.2, 0.25) is 0 Å². The zero-order valence-electron chi connectivity index (χ0n) is 12.1. The lowest BCUT2D eigenvalue weighted by Gasteiger charge is -2.36. The molecule has 1 aliphatic rings. The SMILES string of the molecule is CCCC(C#N)N1CCN(C(=O)c2cncn2C)CC1. The van der Waals surface area contributed by atoms with Gasteiger partial charge in [0.15, 0.2) is 0 Å². The summed E-state index contributed by atoms with van der Waals surface area (Å²) in [7, 11) is 1.82. The van der Waals surface area contributed by atoms with Gasteiger partial charge in [-0.05, 0) is 6.42 Å². The first-order valence-electron chi connectivity index (χ1n) is 7.06. The molecule has 2 rings (SSSR count). The molecule has 0 saturated carbocycles. The summed E-state index contributed by atoms with van der Waals surface area (Å²) in [6.45, 7) is 4.97. The second-order valence-corrected chi connectivity index (χ2v) is 5.15. The first kappa shape index (κ1) is 14.5. The minimum atomic E-state index is -0.0195. The Kier molecular flexibility index (Phi) is 4.74. The van der Waals surface area contributed by atoms with Gasteiger partial charge in [0.05, 0.1) is 24.6 Å². The number of hydrogen-bond donors (Lipinski definition) is 0. The van der Waals surface area contributed by atoms with Crippen molar-refractivity contribution < 1.29 is 4.79 Å². The van der Waals surface area contributed by atoms with Crippen LogP contribution in [0, 0.1) is 11.3 Å². The Hall–Kier alpha value is -1.87. The van der Waals surface area contributed by atoms with E-state index in [1.165, 1.54) is 0 Å².